The van der Waals surface area contributed by atoms with Crippen LogP contribution in [0, 0.1) is 0 Å². The van der Waals surface area contributed by atoms with Gasteiger partial charge in [-0.05, 0) is 12.1 Å². The van der Waals surface area contributed by atoms with E-state index < -0.39 is 46.1 Å². The molecule has 0 aliphatic heterocycles. The number of aromatic carboxylic acids is 1. The number of nitrogens with zero attached hydrogens (tertiary/aromatic N) is 3. The Morgan fingerprint density at radius 1 is 1.18 bits per heavy atom. The molecule has 22 heavy (non-hydrogen) atoms. The zero-order valence-corrected chi connectivity index (χ0v) is 11.1. The summed E-state index contributed by atoms with van der Waals surface area (Å²) in [5.41, 5.74) is -2.63. The summed E-state index contributed by atoms with van der Waals surface area (Å²) in [7, 11) is 0. The van der Waals surface area contributed by atoms with E-state index in [2.05, 4.69) is 10.2 Å². The molecule has 2 heterocycles. The van der Waals surface area contributed by atoms with Crippen molar-refractivity contribution in [2.75, 3.05) is 5.75 Å². The molecule has 2 aromatic rings. The maximum atomic E-state index is 12.9. The van der Waals surface area contributed by atoms with Gasteiger partial charge in [-0.15, -0.1) is 10.2 Å². The van der Waals surface area contributed by atoms with Crippen LogP contribution in [0.25, 0.3) is 5.65 Å². The third-order valence-corrected chi connectivity index (χ3v) is 3.40. The number of carbonyl (C=O) groups is 1. The van der Waals surface area contributed by atoms with E-state index in [-0.39, 0.29) is 16.2 Å². The molecule has 0 amide bonds. The van der Waals surface area contributed by atoms with Gasteiger partial charge in [-0.2, -0.15) is 26.3 Å². The first-order chi connectivity index (χ1) is 10.0. The van der Waals surface area contributed by atoms with E-state index in [0.717, 1.165) is 0 Å². The Balaban J connectivity index is 2.63. The number of aromatic nitrogens is 3. The molecule has 0 atom stereocenters. The van der Waals surface area contributed by atoms with E-state index in [1.165, 1.54) is 0 Å². The van der Waals surface area contributed by atoms with Crippen LogP contribution >= 0.6 is 11.8 Å². The highest BCUT2D eigenvalue weighted by molar-refractivity contribution is 7.99. The van der Waals surface area contributed by atoms with Crippen molar-refractivity contribution in [3.63, 3.8) is 0 Å². The smallest absolute Gasteiger partial charge is 0.431 e. The SMILES string of the molecule is O=C(O)c1ccc(C(F)(F)F)n2c(SCC(F)(F)F)nnc12. The van der Waals surface area contributed by atoms with Crippen molar-refractivity contribution in [2.24, 2.45) is 0 Å². The molecule has 0 spiro atoms. The largest absolute Gasteiger partial charge is 0.478 e. The van der Waals surface area contributed by atoms with Gasteiger partial charge < -0.3 is 5.11 Å². The van der Waals surface area contributed by atoms with Crippen LogP contribution in [0.1, 0.15) is 16.1 Å². The van der Waals surface area contributed by atoms with Gasteiger partial charge in [-0.1, -0.05) is 11.8 Å². The lowest BCUT2D eigenvalue weighted by atomic mass is 10.2. The molecule has 0 aliphatic carbocycles. The average molecular weight is 345 g/mol. The fraction of sp³-hybridized carbons (Fsp3) is 0.300. The molecule has 0 aliphatic rings. The van der Waals surface area contributed by atoms with Gasteiger partial charge in [0.05, 0.1) is 5.75 Å². The number of hydrogen-bond acceptors (Lipinski definition) is 4. The normalized spacial score (nSPS) is 12.8. The molecule has 0 unspecified atom stereocenters. The van der Waals surface area contributed by atoms with Crippen LogP contribution in [0.3, 0.4) is 0 Å². The van der Waals surface area contributed by atoms with Crippen molar-refractivity contribution in [1.29, 1.82) is 0 Å². The molecule has 0 fully saturated rings. The Morgan fingerprint density at radius 2 is 1.82 bits per heavy atom. The third kappa shape index (κ3) is 3.26. The molecule has 5 nitrogen and oxygen atoms in total. The van der Waals surface area contributed by atoms with Crippen molar-refractivity contribution < 1.29 is 36.2 Å². The molecule has 0 radical (unpaired) electrons. The van der Waals surface area contributed by atoms with E-state index in [1.54, 1.807) is 0 Å². The molecule has 1 N–H and O–H groups in total. The second-order valence-corrected chi connectivity index (χ2v) is 4.92. The Hall–Kier alpha value is -1.98. The maximum Gasteiger partial charge on any atom is 0.431 e. The minimum absolute atomic E-state index is 0.0144. The van der Waals surface area contributed by atoms with Gasteiger partial charge in [0, 0.05) is 0 Å². The van der Waals surface area contributed by atoms with E-state index >= 15 is 0 Å². The predicted octanol–water partition coefficient (Wildman–Crippen LogP) is 3.10. The van der Waals surface area contributed by atoms with Crippen LogP contribution in [-0.4, -0.2) is 37.6 Å². The van der Waals surface area contributed by atoms with Gasteiger partial charge in [0.25, 0.3) is 0 Å². The predicted molar refractivity (Wildman–Crippen MR) is 61.7 cm³/mol. The monoisotopic (exact) mass is 345 g/mol. The number of halogens is 6. The number of fused-ring (bicyclic) bond motifs is 1. The zero-order valence-electron chi connectivity index (χ0n) is 10.2. The van der Waals surface area contributed by atoms with Crippen LogP contribution in [0.15, 0.2) is 17.3 Å². The van der Waals surface area contributed by atoms with Crippen LogP contribution in [0.5, 0.6) is 0 Å². The van der Waals surface area contributed by atoms with Gasteiger partial charge in [0.15, 0.2) is 10.8 Å². The van der Waals surface area contributed by atoms with E-state index in [1.807, 2.05) is 0 Å². The summed E-state index contributed by atoms with van der Waals surface area (Å²) in [5, 5.41) is 14.7. The van der Waals surface area contributed by atoms with E-state index in [9.17, 15) is 31.1 Å². The molecular formula is C10H5F6N3O2S. The molecule has 0 saturated heterocycles. The summed E-state index contributed by atoms with van der Waals surface area (Å²) < 4.78 is 75.6. The molecule has 0 bridgehead atoms. The molecule has 0 aromatic carbocycles. The average Bonchev–Trinajstić information content (AvgIpc) is 2.76. The lowest BCUT2D eigenvalue weighted by Crippen LogP contribution is -2.15. The minimum atomic E-state index is -4.91. The van der Waals surface area contributed by atoms with Gasteiger partial charge in [-0.25, -0.2) is 4.79 Å². The molecule has 2 aromatic heterocycles. The molecule has 2 rings (SSSR count). The third-order valence-electron chi connectivity index (χ3n) is 2.41. The summed E-state index contributed by atoms with van der Waals surface area (Å²) in [5.74, 6) is -3.05. The molecule has 0 saturated carbocycles. The van der Waals surface area contributed by atoms with Crippen molar-refractivity contribution >= 4 is 23.4 Å². The first-order valence-electron chi connectivity index (χ1n) is 5.39. The summed E-state index contributed by atoms with van der Waals surface area (Å²) >= 11 is -0.0144. The Kier molecular flexibility index (Phi) is 3.98. The van der Waals surface area contributed by atoms with Crippen molar-refractivity contribution in [3.05, 3.63) is 23.4 Å². The topological polar surface area (TPSA) is 67.5 Å². The lowest BCUT2D eigenvalue weighted by Gasteiger charge is -2.12. The second kappa shape index (κ2) is 5.34. The lowest BCUT2D eigenvalue weighted by molar-refractivity contribution is -0.142. The van der Waals surface area contributed by atoms with Crippen molar-refractivity contribution in [3.8, 4) is 0 Å². The van der Waals surface area contributed by atoms with Crippen LogP contribution in [0.2, 0.25) is 0 Å². The fourth-order valence-electron chi connectivity index (χ4n) is 1.60. The highest BCUT2D eigenvalue weighted by Crippen LogP contribution is 2.34. The number of carboxylic acid groups (broad SMARTS) is 1. The minimum Gasteiger partial charge on any atom is -0.478 e. The number of rotatable bonds is 3. The number of carboxylic acids is 1. The van der Waals surface area contributed by atoms with Gasteiger partial charge in [0.2, 0.25) is 0 Å². The maximum absolute atomic E-state index is 12.9. The fourth-order valence-corrected chi connectivity index (χ4v) is 2.31. The summed E-state index contributed by atoms with van der Waals surface area (Å²) in [4.78, 5) is 11.0. The van der Waals surface area contributed by atoms with Crippen molar-refractivity contribution in [2.45, 2.75) is 17.5 Å². The molecule has 12 heteroatoms. The number of pyridine rings is 1. The Labute approximate surface area is 121 Å². The quantitative estimate of drug-likeness (QED) is 0.684. The number of hydrogen-bond donors (Lipinski definition) is 1. The van der Waals surface area contributed by atoms with Crippen LogP contribution in [0.4, 0.5) is 26.3 Å². The summed E-state index contributed by atoms with van der Waals surface area (Å²) in [6, 6.07) is 1.13. The summed E-state index contributed by atoms with van der Waals surface area (Å²) in [6.45, 7) is 0. The highest BCUT2D eigenvalue weighted by Gasteiger charge is 2.36. The number of thioether (sulfide) groups is 1. The Bertz CT molecular complexity index is 724. The van der Waals surface area contributed by atoms with Gasteiger partial charge in [0.1, 0.15) is 11.3 Å². The Morgan fingerprint density at radius 3 is 2.32 bits per heavy atom. The zero-order chi connectivity index (χ0) is 16.7. The van der Waals surface area contributed by atoms with E-state index in [4.69, 9.17) is 5.11 Å². The highest BCUT2D eigenvalue weighted by atomic mass is 32.2. The second-order valence-electron chi connectivity index (χ2n) is 3.98. The van der Waals surface area contributed by atoms with Gasteiger partial charge >= 0.3 is 18.3 Å². The standard InChI is InChI=1S/C10H5F6N3O2S/c11-9(12,13)3-22-8-18-17-6-4(7(20)21)1-2-5(19(6)8)10(14,15)16/h1-2H,3H2,(H,20,21). The molecule has 120 valence electrons. The summed E-state index contributed by atoms with van der Waals surface area (Å²) in [6.07, 6.45) is -9.54. The first-order valence-corrected chi connectivity index (χ1v) is 6.37. The molecular weight excluding hydrogens is 340 g/mol. The first kappa shape index (κ1) is 16.4. The van der Waals surface area contributed by atoms with Crippen LogP contribution < -0.4 is 0 Å². The number of alkyl halides is 6. The van der Waals surface area contributed by atoms with E-state index in [0.29, 0.717) is 12.1 Å². The van der Waals surface area contributed by atoms with Crippen LogP contribution in [-0.2, 0) is 6.18 Å². The van der Waals surface area contributed by atoms with Gasteiger partial charge in [-0.3, -0.25) is 4.40 Å². The van der Waals surface area contributed by atoms with Crippen molar-refractivity contribution in [1.82, 2.24) is 14.6 Å².